The lowest BCUT2D eigenvalue weighted by atomic mass is 9.84. The van der Waals surface area contributed by atoms with E-state index >= 15 is 0 Å². The highest BCUT2D eigenvalue weighted by molar-refractivity contribution is 6.08. The monoisotopic (exact) mass is 411 g/mol. The van der Waals surface area contributed by atoms with Crippen molar-refractivity contribution in [2.45, 2.75) is 19.4 Å². The average molecular weight is 412 g/mol. The van der Waals surface area contributed by atoms with Gasteiger partial charge in [0.05, 0.1) is 18.0 Å². The molecule has 0 unspecified atom stereocenters. The molecule has 4 heterocycles. The molecule has 2 aromatic carbocycles. The molecule has 3 aliphatic rings. The fourth-order valence-electron chi connectivity index (χ4n) is 4.74. The molecule has 1 aromatic heterocycles. The lowest BCUT2D eigenvalue weighted by molar-refractivity contribution is -0.306. The van der Waals surface area contributed by atoms with Crippen molar-refractivity contribution in [2.75, 3.05) is 26.2 Å². The van der Waals surface area contributed by atoms with Gasteiger partial charge in [-0.2, -0.15) is 0 Å². The molecule has 0 N–H and O–H groups in total. The van der Waals surface area contributed by atoms with Crippen LogP contribution in [-0.4, -0.2) is 41.7 Å². The smallest absolute Gasteiger partial charge is 0.121 e. The highest BCUT2D eigenvalue weighted by atomic mass is 35.5. The van der Waals surface area contributed by atoms with Crippen LogP contribution in [0.25, 0.3) is 21.8 Å². The summed E-state index contributed by atoms with van der Waals surface area (Å²) < 4.78 is 7.80. The van der Waals surface area contributed by atoms with Crippen molar-refractivity contribution in [3.05, 3.63) is 54.1 Å². The van der Waals surface area contributed by atoms with Crippen LogP contribution in [0.2, 0.25) is 0 Å². The van der Waals surface area contributed by atoms with Crippen molar-refractivity contribution in [1.82, 2.24) is 9.47 Å². The van der Waals surface area contributed by atoms with E-state index in [0.717, 1.165) is 40.0 Å². The molecule has 6 heteroatoms. The minimum atomic E-state index is -1.10. The van der Waals surface area contributed by atoms with Crippen LogP contribution in [0.3, 0.4) is 0 Å². The van der Waals surface area contributed by atoms with Gasteiger partial charge in [0.25, 0.3) is 0 Å². The van der Waals surface area contributed by atoms with E-state index < -0.39 is 5.97 Å². The Morgan fingerprint density at radius 2 is 1.86 bits per heavy atom. The number of halogens is 1. The van der Waals surface area contributed by atoms with Gasteiger partial charge in [-0.05, 0) is 56.1 Å². The Bertz CT molecular complexity index is 1080. The molecule has 29 heavy (non-hydrogen) atoms. The van der Waals surface area contributed by atoms with Crippen molar-refractivity contribution in [2.24, 2.45) is 5.92 Å². The Morgan fingerprint density at radius 3 is 2.59 bits per heavy atom. The Morgan fingerprint density at radius 1 is 1.10 bits per heavy atom. The van der Waals surface area contributed by atoms with Gasteiger partial charge in [0.15, 0.2) is 0 Å². The first-order valence-electron chi connectivity index (χ1n) is 9.94. The lowest BCUT2D eigenvalue weighted by Gasteiger charge is -2.41. The number of carbonyl (C=O) groups is 1. The number of fused-ring (bicyclic) bond motifs is 6. The molecule has 2 bridgehead atoms. The number of carboxylic acids is 1. The van der Waals surface area contributed by atoms with Crippen molar-refractivity contribution in [3.63, 3.8) is 0 Å². The van der Waals surface area contributed by atoms with E-state index in [1.54, 1.807) is 4.57 Å². The zero-order chi connectivity index (χ0) is 19.1. The molecule has 3 saturated heterocycles. The van der Waals surface area contributed by atoms with Crippen LogP contribution < -0.4 is 9.84 Å². The summed E-state index contributed by atoms with van der Waals surface area (Å²) in [5.74, 6) is 0.385. The van der Waals surface area contributed by atoms with E-state index in [1.165, 1.54) is 31.5 Å². The molecular weight excluding hydrogens is 388 g/mol. The van der Waals surface area contributed by atoms with E-state index in [-0.39, 0.29) is 19.0 Å². The number of nitrogens with zero attached hydrogens (tertiary/aromatic N) is 2. The van der Waals surface area contributed by atoms with Crippen molar-refractivity contribution in [1.29, 1.82) is 0 Å². The molecule has 0 spiro atoms. The number of hydrogen-bond acceptors (Lipinski definition) is 4. The molecular formula is C23H24ClN2O3-. The number of piperidine rings is 3. The molecule has 152 valence electrons. The summed E-state index contributed by atoms with van der Waals surface area (Å²) in [5, 5.41) is 13.3. The minimum absolute atomic E-state index is 0. The van der Waals surface area contributed by atoms with E-state index in [2.05, 4.69) is 11.0 Å². The molecule has 0 atom stereocenters. The summed E-state index contributed by atoms with van der Waals surface area (Å²) in [6, 6.07) is 13.8. The standard InChI is InChI=1S/C23H24N2O3.ClH/c26-23(27)15-25-21-4-2-1-3-19(21)20-6-5-18(13-22(20)25)28-12-9-17-14-24-10-7-16(17)8-11-24;/h1-6,9,13,16H,7-8,10-12,14-15H2,(H,26,27);1H/p-1/b17-9+;. The Balaban J connectivity index is 0.00000205. The predicted octanol–water partition coefficient (Wildman–Crippen LogP) is 3.00. The first kappa shape index (κ1) is 19.8. The number of carbonyl (C=O) groups excluding carboxylic acids is 1. The highest BCUT2D eigenvalue weighted by Crippen LogP contribution is 2.33. The zero-order valence-electron chi connectivity index (χ0n) is 16.2. The quantitative estimate of drug-likeness (QED) is 0.605. The normalized spacial score (nSPS) is 22.1. The van der Waals surface area contributed by atoms with Crippen LogP contribution in [0, 0.1) is 5.92 Å². The van der Waals surface area contributed by atoms with E-state index in [1.807, 2.05) is 42.5 Å². The van der Waals surface area contributed by atoms with Gasteiger partial charge in [-0.15, -0.1) is 12.4 Å². The second-order valence-electron chi connectivity index (χ2n) is 7.79. The van der Waals surface area contributed by atoms with Crippen LogP contribution in [0.15, 0.2) is 54.1 Å². The van der Waals surface area contributed by atoms with Gasteiger partial charge >= 0.3 is 0 Å². The third-order valence-corrected chi connectivity index (χ3v) is 6.15. The highest BCUT2D eigenvalue weighted by Gasteiger charge is 2.28. The van der Waals surface area contributed by atoms with Gasteiger partial charge in [0, 0.05) is 28.9 Å². The van der Waals surface area contributed by atoms with Crippen LogP contribution in [0.1, 0.15) is 12.8 Å². The molecule has 3 aromatic rings. The number of ether oxygens (including phenoxy) is 1. The van der Waals surface area contributed by atoms with Gasteiger partial charge in [0.1, 0.15) is 12.4 Å². The minimum Gasteiger partial charge on any atom is -0.548 e. The second-order valence-corrected chi connectivity index (χ2v) is 7.79. The van der Waals surface area contributed by atoms with Crippen molar-refractivity contribution < 1.29 is 14.6 Å². The van der Waals surface area contributed by atoms with E-state index in [9.17, 15) is 9.90 Å². The van der Waals surface area contributed by atoms with E-state index in [0.29, 0.717) is 6.61 Å². The number of para-hydroxylation sites is 1. The maximum Gasteiger partial charge on any atom is 0.121 e. The number of rotatable bonds is 5. The largest absolute Gasteiger partial charge is 0.548 e. The van der Waals surface area contributed by atoms with E-state index in [4.69, 9.17) is 4.74 Å². The summed E-state index contributed by atoms with van der Waals surface area (Å²) in [6.45, 7) is 3.90. The topological polar surface area (TPSA) is 57.5 Å². The van der Waals surface area contributed by atoms with Gasteiger partial charge in [-0.25, -0.2) is 0 Å². The molecule has 3 aliphatic heterocycles. The number of hydrogen-bond donors (Lipinski definition) is 0. The zero-order valence-corrected chi connectivity index (χ0v) is 17.0. The summed E-state index contributed by atoms with van der Waals surface area (Å²) >= 11 is 0. The number of aromatic nitrogens is 1. The number of benzene rings is 2. The third-order valence-electron chi connectivity index (χ3n) is 6.15. The fourth-order valence-corrected chi connectivity index (χ4v) is 4.74. The van der Waals surface area contributed by atoms with Crippen LogP contribution in [0.5, 0.6) is 5.75 Å². The van der Waals surface area contributed by atoms with Crippen LogP contribution >= 0.6 is 12.4 Å². The SMILES string of the molecule is Cl.O=C([O-])Cn1c2ccccc2c2ccc(OC/C=C3\CN4CCC3CC4)cc21. The van der Waals surface area contributed by atoms with Crippen LogP contribution in [0.4, 0.5) is 0 Å². The van der Waals surface area contributed by atoms with Crippen LogP contribution in [-0.2, 0) is 11.3 Å². The Hall–Kier alpha value is -2.50. The third kappa shape index (κ3) is 3.72. The lowest BCUT2D eigenvalue weighted by Crippen LogP contribution is -2.43. The molecule has 5 nitrogen and oxygen atoms in total. The molecule has 0 aliphatic carbocycles. The molecule has 0 amide bonds. The van der Waals surface area contributed by atoms with Gasteiger partial charge in [-0.1, -0.05) is 23.8 Å². The molecule has 6 rings (SSSR count). The fraction of sp³-hybridized carbons (Fsp3) is 0.348. The number of carboxylic acid groups (broad SMARTS) is 1. The van der Waals surface area contributed by atoms with Gasteiger partial charge in [0.2, 0.25) is 0 Å². The predicted molar refractivity (Wildman–Crippen MR) is 114 cm³/mol. The van der Waals surface area contributed by atoms with Crippen molar-refractivity contribution >= 4 is 40.2 Å². The van der Waals surface area contributed by atoms with Crippen molar-refractivity contribution in [3.8, 4) is 5.75 Å². The first-order chi connectivity index (χ1) is 13.7. The molecule has 0 radical (unpaired) electrons. The average Bonchev–Trinajstić information content (AvgIpc) is 3.02. The maximum atomic E-state index is 11.3. The number of aliphatic carboxylic acids is 1. The summed E-state index contributed by atoms with van der Waals surface area (Å²) in [6.07, 6.45) is 4.76. The maximum absolute atomic E-state index is 11.3. The molecule has 3 fully saturated rings. The summed E-state index contributed by atoms with van der Waals surface area (Å²) in [7, 11) is 0. The van der Waals surface area contributed by atoms with Gasteiger partial charge < -0.3 is 19.2 Å². The Labute approximate surface area is 176 Å². The summed E-state index contributed by atoms with van der Waals surface area (Å²) in [5.41, 5.74) is 3.26. The van der Waals surface area contributed by atoms with Gasteiger partial charge in [-0.3, -0.25) is 4.90 Å². The first-order valence-corrected chi connectivity index (χ1v) is 9.94. The molecule has 0 saturated carbocycles. The Kier molecular flexibility index (Phi) is 5.52. The second kappa shape index (κ2) is 8.09. The summed E-state index contributed by atoms with van der Waals surface area (Å²) in [4.78, 5) is 13.8.